The van der Waals surface area contributed by atoms with Gasteiger partial charge in [0.25, 0.3) is 0 Å². The first-order valence-electron chi connectivity index (χ1n) is 7.18. The normalized spacial score (nSPS) is 22.0. The zero-order valence-electron chi connectivity index (χ0n) is 11.8. The third kappa shape index (κ3) is 2.55. The van der Waals surface area contributed by atoms with E-state index in [1.54, 1.807) is 0 Å². The van der Waals surface area contributed by atoms with Gasteiger partial charge in [-0.3, -0.25) is 9.88 Å². The van der Waals surface area contributed by atoms with Gasteiger partial charge in [0, 0.05) is 48.3 Å². The van der Waals surface area contributed by atoms with Crippen molar-refractivity contribution in [2.75, 3.05) is 24.6 Å². The largest absolute Gasteiger partial charge is 0.329 e. The van der Waals surface area contributed by atoms with Crippen LogP contribution >= 0.6 is 11.8 Å². The van der Waals surface area contributed by atoms with Crippen molar-refractivity contribution in [1.82, 2.24) is 9.88 Å². The van der Waals surface area contributed by atoms with E-state index in [1.807, 2.05) is 24.0 Å². The first-order chi connectivity index (χ1) is 9.81. The maximum Gasteiger partial charge on any atom is 0.0750 e. The Kier molecular flexibility index (Phi) is 4.24. The van der Waals surface area contributed by atoms with Crippen LogP contribution in [0.3, 0.4) is 0 Å². The predicted octanol–water partition coefficient (Wildman–Crippen LogP) is 2.67. The molecule has 1 aromatic carbocycles. The third-order valence-electron chi connectivity index (χ3n) is 4.07. The highest BCUT2D eigenvalue weighted by Crippen LogP contribution is 2.30. The van der Waals surface area contributed by atoms with Crippen LogP contribution in [0.1, 0.15) is 18.5 Å². The van der Waals surface area contributed by atoms with Crippen LogP contribution in [0.15, 0.2) is 36.5 Å². The summed E-state index contributed by atoms with van der Waals surface area (Å²) in [6.07, 6.45) is 1.87. The summed E-state index contributed by atoms with van der Waals surface area (Å²) in [6, 6.07) is 11.4. The van der Waals surface area contributed by atoms with E-state index in [2.05, 4.69) is 41.1 Å². The van der Waals surface area contributed by atoms with E-state index >= 15 is 0 Å². The number of hydrogen-bond donors (Lipinski definition) is 1. The lowest BCUT2D eigenvalue weighted by Gasteiger charge is -2.39. The van der Waals surface area contributed by atoms with Gasteiger partial charge in [-0.25, -0.2) is 0 Å². The Morgan fingerprint density at radius 2 is 2.25 bits per heavy atom. The van der Waals surface area contributed by atoms with Gasteiger partial charge in [-0.1, -0.05) is 24.3 Å². The highest BCUT2D eigenvalue weighted by atomic mass is 32.2. The van der Waals surface area contributed by atoms with Crippen LogP contribution in [0.25, 0.3) is 10.9 Å². The molecule has 0 bridgehead atoms. The lowest BCUT2D eigenvalue weighted by atomic mass is 10.00. The molecule has 2 heterocycles. The Morgan fingerprint density at radius 3 is 3.05 bits per heavy atom. The number of nitrogens with two attached hydrogens (primary N) is 1. The molecule has 3 nitrogen and oxygen atoms in total. The number of para-hydroxylation sites is 1. The van der Waals surface area contributed by atoms with E-state index in [4.69, 9.17) is 5.73 Å². The molecule has 0 aliphatic carbocycles. The Balaban J connectivity index is 2.02. The van der Waals surface area contributed by atoms with Gasteiger partial charge in [-0.15, -0.1) is 0 Å². The van der Waals surface area contributed by atoms with Crippen LogP contribution in [0.4, 0.5) is 0 Å². The van der Waals surface area contributed by atoms with Gasteiger partial charge >= 0.3 is 0 Å². The molecule has 20 heavy (non-hydrogen) atoms. The summed E-state index contributed by atoms with van der Waals surface area (Å²) < 4.78 is 0. The van der Waals surface area contributed by atoms with Crippen molar-refractivity contribution in [3.05, 3.63) is 42.1 Å². The molecule has 106 valence electrons. The zero-order chi connectivity index (χ0) is 13.9. The van der Waals surface area contributed by atoms with Gasteiger partial charge in [0.2, 0.25) is 0 Å². The lowest BCUT2D eigenvalue weighted by molar-refractivity contribution is 0.167. The van der Waals surface area contributed by atoms with Gasteiger partial charge in [-0.05, 0) is 18.6 Å². The molecular weight excluding hydrogens is 266 g/mol. The molecular formula is C16H21N3S. The van der Waals surface area contributed by atoms with Crippen molar-refractivity contribution < 1.29 is 0 Å². The fraction of sp³-hybridized carbons (Fsp3) is 0.438. The molecule has 0 radical (unpaired) electrons. The fourth-order valence-electron chi connectivity index (χ4n) is 3.04. The summed E-state index contributed by atoms with van der Waals surface area (Å²) >= 11 is 2.04. The molecule has 0 saturated carbocycles. The van der Waals surface area contributed by atoms with Crippen molar-refractivity contribution in [2.24, 2.45) is 5.73 Å². The van der Waals surface area contributed by atoms with Gasteiger partial charge in [0.15, 0.2) is 0 Å². The zero-order valence-corrected chi connectivity index (χ0v) is 12.6. The van der Waals surface area contributed by atoms with Crippen molar-refractivity contribution >= 4 is 22.7 Å². The molecule has 1 fully saturated rings. The minimum Gasteiger partial charge on any atom is -0.329 e. The van der Waals surface area contributed by atoms with Crippen molar-refractivity contribution in [2.45, 2.75) is 19.0 Å². The first-order valence-corrected chi connectivity index (χ1v) is 8.34. The Bertz CT molecular complexity index is 581. The number of fused-ring (bicyclic) bond motifs is 1. The van der Waals surface area contributed by atoms with Gasteiger partial charge in [-0.2, -0.15) is 11.8 Å². The number of nitrogens with zero attached hydrogens (tertiary/aromatic N) is 2. The van der Waals surface area contributed by atoms with Crippen LogP contribution in [-0.4, -0.2) is 40.5 Å². The number of aromatic nitrogens is 1. The van der Waals surface area contributed by atoms with Crippen molar-refractivity contribution in [3.63, 3.8) is 0 Å². The SMILES string of the molecule is CC1CSCCN1C(CN)c1cccc2cccnc12. The molecule has 1 aromatic heterocycles. The summed E-state index contributed by atoms with van der Waals surface area (Å²) in [7, 11) is 0. The van der Waals surface area contributed by atoms with Crippen LogP contribution in [0.5, 0.6) is 0 Å². The Hall–Kier alpha value is -1.10. The maximum absolute atomic E-state index is 6.11. The first kappa shape index (κ1) is 13.9. The highest BCUT2D eigenvalue weighted by Gasteiger charge is 2.27. The molecule has 0 spiro atoms. The Morgan fingerprint density at radius 1 is 1.40 bits per heavy atom. The monoisotopic (exact) mass is 287 g/mol. The lowest BCUT2D eigenvalue weighted by Crippen LogP contribution is -2.45. The van der Waals surface area contributed by atoms with E-state index in [1.165, 1.54) is 22.5 Å². The predicted molar refractivity (Wildman–Crippen MR) is 87.0 cm³/mol. The second kappa shape index (κ2) is 6.12. The second-order valence-corrected chi connectivity index (χ2v) is 6.49. The summed E-state index contributed by atoms with van der Waals surface area (Å²) in [4.78, 5) is 7.12. The number of thioether (sulfide) groups is 1. The number of rotatable bonds is 3. The highest BCUT2D eigenvalue weighted by molar-refractivity contribution is 7.99. The topological polar surface area (TPSA) is 42.1 Å². The summed E-state index contributed by atoms with van der Waals surface area (Å²) in [5.74, 6) is 2.38. The van der Waals surface area contributed by atoms with E-state index in [-0.39, 0.29) is 6.04 Å². The van der Waals surface area contributed by atoms with Crippen molar-refractivity contribution in [3.8, 4) is 0 Å². The molecule has 2 unspecified atom stereocenters. The number of pyridine rings is 1. The second-order valence-electron chi connectivity index (χ2n) is 5.34. The average molecular weight is 287 g/mol. The smallest absolute Gasteiger partial charge is 0.0750 e. The molecule has 3 rings (SSSR count). The van der Waals surface area contributed by atoms with Crippen molar-refractivity contribution in [1.29, 1.82) is 0 Å². The van der Waals surface area contributed by atoms with Gasteiger partial charge in [0.05, 0.1) is 5.52 Å². The van der Waals surface area contributed by atoms with E-state index in [9.17, 15) is 0 Å². The summed E-state index contributed by atoms with van der Waals surface area (Å²) in [5.41, 5.74) is 8.47. The van der Waals surface area contributed by atoms with E-state index in [0.717, 1.165) is 12.1 Å². The average Bonchev–Trinajstić information content (AvgIpc) is 2.50. The maximum atomic E-state index is 6.11. The van der Waals surface area contributed by atoms with E-state index in [0.29, 0.717) is 12.6 Å². The Labute approximate surface area is 124 Å². The van der Waals surface area contributed by atoms with Crippen LogP contribution in [0.2, 0.25) is 0 Å². The van der Waals surface area contributed by atoms with Crippen LogP contribution < -0.4 is 5.73 Å². The van der Waals surface area contributed by atoms with Gasteiger partial charge in [0.1, 0.15) is 0 Å². The summed E-state index contributed by atoms with van der Waals surface area (Å²) in [5, 5.41) is 1.20. The molecule has 1 aliphatic rings. The standard InChI is InChI=1S/C16H21N3S/c1-12-11-20-9-8-19(12)15(10-17)14-6-2-4-13-5-3-7-18-16(13)14/h2-7,12,15H,8-11,17H2,1H3. The fourth-order valence-corrected chi connectivity index (χ4v) is 4.08. The molecule has 2 atom stereocenters. The third-order valence-corrected chi connectivity index (χ3v) is 5.25. The van der Waals surface area contributed by atoms with Crippen LogP contribution in [-0.2, 0) is 0 Å². The van der Waals surface area contributed by atoms with Gasteiger partial charge < -0.3 is 5.73 Å². The number of hydrogen-bond acceptors (Lipinski definition) is 4. The molecule has 4 heteroatoms. The minimum absolute atomic E-state index is 0.268. The quantitative estimate of drug-likeness (QED) is 0.942. The molecule has 1 saturated heterocycles. The molecule has 2 aromatic rings. The minimum atomic E-state index is 0.268. The van der Waals surface area contributed by atoms with E-state index < -0.39 is 0 Å². The van der Waals surface area contributed by atoms with Crippen LogP contribution in [0, 0.1) is 0 Å². The molecule has 0 amide bonds. The summed E-state index contributed by atoms with van der Waals surface area (Å²) in [6.45, 7) is 4.05. The molecule has 1 aliphatic heterocycles. The molecule has 2 N–H and O–H groups in total. The number of benzene rings is 1.